The van der Waals surface area contributed by atoms with Gasteiger partial charge in [-0.15, -0.1) is 0 Å². The summed E-state index contributed by atoms with van der Waals surface area (Å²) in [6.07, 6.45) is 6.87. The number of aliphatic carboxylic acids is 1. The molecule has 0 aliphatic heterocycles. The summed E-state index contributed by atoms with van der Waals surface area (Å²) in [5.74, 6) is -1.16. The number of carboxylic acid groups (broad SMARTS) is 1. The molecule has 172 valence electrons. The number of carbonyl (C=O) groups excluding carboxylic acids is 3. The molecule has 0 saturated heterocycles. The minimum atomic E-state index is -1.57. The topological polar surface area (TPSA) is 135 Å². The van der Waals surface area contributed by atoms with Crippen molar-refractivity contribution in [3.8, 4) is 0 Å². The summed E-state index contributed by atoms with van der Waals surface area (Å²) >= 11 is 0. The maximum Gasteiger partial charge on any atom is 1.00 e. The van der Waals surface area contributed by atoms with Crippen LogP contribution in [-0.2, 0) is 14.4 Å². The molecule has 7 nitrogen and oxygen atoms in total. The summed E-state index contributed by atoms with van der Waals surface area (Å²) in [5, 5.41) is 40.8. The predicted molar refractivity (Wildman–Crippen MR) is 110 cm³/mol. The van der Waals surface area contributed by atoms with E-state index in [0.29, 0.717) is 12.8 Å². The molecule has 0 spiro atoms. The monoisotopic (exact) mass is 456 g/mol. The fourth-order valence-electron chi connectivity index (χ4n) is 7.34. The van der Waals surface area contributed by atoms with Gasteiger partial charge in [0.05, 0.1) is 6.10 Å². The van der Waals surface area contributed by atoms with Crippen LogP contribution in [-0.4, -0.2) is 51.2 Å². The molecule has 0 amide bonds. The number of ketones is 2. The van der Waals surface area contributed by atoms with E-state index in [2.05, 4.69) is 13.8 Å². The van der Waals surface area contributed by atoms with Crippen LogP contribution in [0.1, 0.15) is 53.4 Å². The Labute approximate surface area is 211 Å². The molecule has 0 bridgehead atoms. The SMILES string of the molecule is CC(=O)[O-].C[C@H]1C[C@@H]2[C@H]([C@@H](O)C[C@@]3(C)[C@H]2CC[C@]3(O)C(=O)CO)[C@@]2(C)C=CC(=O)C=C12.[Na+]. The first-order chi connectivity index (χ1) is 14.3. The number of allylic oxidation sites excluding steroid dienone is 4. The van der Waals surface area contributed by atoms with Gasteiger partial charge < -0.3 is 25.2 Å². The van der Waals surface area contributed by atoms with Gasteiger partial charge in [-0.25, -0.2) is 0 Å². The largest absolute Gasteiger partial charge is 1.00 e. The van der Waals surface area contributed by atoms with Crippen molar-refractivity contribution in [2.75, 3.05) is 6.61 Å². The molecule has 0 unspecified atom stereocenters. The van der Waals surface area contributed by atoms with Gasteiger partial charge in [0.1, 0.15) is 12.2 Å². The van der Waals surface area contributed by atoms with Crippen molar-refractivity contribution < 1.29 is 64.4 Å². The Morgan fingerprint density at radius 1 is 1.28 bits per heavy atom. The van der Waals surface area contributed by atoms with Gasteiger partial charge in [0.25, 0.3) is 0 Å². The second-order valence-electron chi connectivity index (χ2n) is 10.2. The van der Waals surface area contributed by atoms with E-state index in [1.807, 2.05) is 13.0 Å². The molecule has 32 heavy (non-hydrogen) atoms. The van der Waals surface area contributed by atoms with Crippen molar-refractivity contribution >= 4 is 17.5 Å². The Hall–Kier alpha value is -0.830. The van der Waals surface area contributed by atoms with E-state index in [1.165, 1.54) is 0 Å². The summed E-state index contributed by atoms with van der Waals surface area (Å²) in [5.41, 5.74) is -1.59. The summed E-state index contributed by atoms with van der Waals surface area (Å²) in [4.78, 5) is 33.3. The minimum Gasteiger partial charge on any atom is -0.550 e. The number of fused-ring (bicyclic) bond motifs is 5. The van der Waals surface area contributed by atoms with Crippen LogP contribution in [0.3, 0.4) is 0 Å². The van der Waals surface area contributed by atoms with Crippen molar-refractivity contribution in [1.29, 1.82) is 0 Å². The number of Topliss-reactive ketones (excluding diaryl/α,β-unsaturated/α-hetero) is 1. The summed E-state index contributed by atoms with van der Waals surface area (Å²) in [6, 6.07) is 0. The third kappa shape index (κ3) is 4.10. The van der Waals surface area contributed by atoms with Crippen molar-refractivity contribution in [3.63, 3.8) is 0 Å². The first kappa shape index (κ1) is 27.4. The van der Waals surface area contributed by atoms with Crippen LogP contribution in [0.4, 0.5) is 0 Å². The number of aliphatic hydroxyl groups is 3. The minimum absolute atomic E-state index is 0. The number of aliphatic hydroxyl groups excluding tert-OH is 2. The maximum absolute atomic E-state index is 12.4. The first-order valence-corrected chi connectivity index (χ1v) is 11.0. The van der Waals surface area contributed by atoms with Gasteiger partial charge in [-0.2, -0.15) is 0 Å². The van der Waals surface area contributed by atoms with Crippen molar-refractivity contribution in [3.05, 3.63) is 23.8 Å². The molecule has 0 heterocycles. The Balaban J connectivity index is 0.000000672. The molecule has 0 aromatic heterocycles. The zero-order valence-corrected chi connectivity index (χ0v) is 21.6. The van der Waals surface area contributed by atoms with Crippen LogP contribution >= 0.6 is 0 Å². The van der Waals surface area contributed by atoms with Crippen LogP contribution in [0.15, 0.2) is 23.8 Å². The van der Waals surface area contributed by atoms with E-state index >= 15 is 0 Å². The quantitative estimate of drug-likeness (QED) is 0.393. The van der Waals surface area contributed by atoms with E-state index < -0.39 is 35.5 Å². The molecule has 0 aromatic rings. The molecule has 8 heteroatoms. The average molecular weight is 457 g/mol. The van der Waals surface area contributed by atoms with Gasteiger partial charge in [0.2, 0.25) is 0 Å². The van der Waals surface area contributed by atoms with Crippen molar-refractivity contribution in [2.45, 2.75) is 65.1 Å². The third-order valence-electron chi connectivity index (χ3n) is 8.57. The van der Waals surface area contributed by atoms with E-state index in [-0.39, 0.29) is 64.4 Å². The van der Waals surface area contributed by atoms with Crippen LogP contribution < -0.4 is 34.7 Å². The summed E-state index contributed by atoms with van der Waals surface area (Å²) < 4.78 is 0. The van der Waals surface area contributed by atoms with E-state index in [9.17, 15) is 24.9 Å². The van der Waals surface area contributed by atoms with Gasteiger partial charge in [-0.3, -0.25) is 9.59 Å². The van der Waals surface area contributed by atoms with Gasteiger partial charge in [-0.1, -0.05) is 32.4 Å². The van der Waals surface area contributed by atoms with Gasteiger partial charge >= 0.3 is 29.6 Å². The van der Waals surface area contributed by atoms with Crippen LogP contribution in [0, 0.1) is 34.5 Å². The molecule has 4 aliphatic rings. The molecule has 3 saturated carbocycles. The molecule has 4 rings (SSSR count). The fourth-order valence-corrected chi connectivity index (χ4v) is 7.34. The molecular weight excluding hydrogens is 423 g/mol. The van der Waals surface area contributed by atoms with Crippen molar-refractivity contribution in [1.82, 2.24) is 0 Å². The first-order valence-electron chi connectivity index (χ1n) is 11.0. The normalized spacial score (nSPS) is 44.0. The molecule has 4 aliphatic carbocycles. The average Bonchev–Trinajstić information content (AvgIpc) is 2.93. The number of carbonyl (C=O) groups is 3. The van der Waals surface area contributed by atoms with Crippen LogP contribution in [0.2, 0.25) is 0 Å². The molecule has 0 aromatic carbocycles. The standard InChI is InChI=1S/C22H30O5.C2H4O2.Na/c1-12-8-14-15-5-7-22(27,18(26)11-23)21(15,3)10-17(25)19(14)20(2)6-4-13(24)9-16(12)20;1-2(3)4;/h4,6,9,12,14-15,17,19,23,25,27H,5,7-8,10-11H2,1-3H3;1H3,(H,3,4);/q;;+1/p-1/t12-,14-,15-,17-,19+,20-,21-,22-;;/m0../s1. The molecule has 3 fully saturated rings. The van der Waals surface area contributed by atoms with Crippen molar-refractivity contribution in [2.24, 2.45) is 34.5 Å². The smallest absolute Gasteiger partial charge is 0.550 e. The third-order valence-corrected chi connectivity index (χ3v) is 8.57. The fraction of sp³-hybridized carbons (Fsp3) is 0.708. The number of rotatable bonds is 2. The van der Waals surface area contributed by atoms with Gasteiger partial charge in [0, 0.05) is 22.7 Å². The van der Waals surface area contributed by atoms with E-state index in [0.717, 1.165) is 25.3 Å². The molecule has 8 atom stereocenters. The van der Waals surface area contributed by atoms with Gasteiger partial charge in [0.15, 0.2) is 11.6 Å². The molecule has 3 N–H and O–H groups in total. The molecule has 0 radical (unpaired) electrons. The van der Waals surface area contributed by atoms with Crippen LogP contribution in [0.5, 0.6) is 0 Å². The maximum atomic E-state index is 12.4. The summed E-state index contributed by atoms with van der Waals surface area (Å²) in [6.45, 7) is 6.46. The second-order valence-corrected chi connectivity index (χ2v) is 10.2. The second kappa shape index (κ2) is 9.43. The van der Waals surface area contributed by atoms with E-state index in [4.69, 9.17) is 9.90 Å². The number of hydrogen-bond acceptors (Lipinski definition) is 7. The van der Waals surface area contributed by atoms with Crippen LogP contribution in [0.25, 0.3) is 0 Å². The number of hydrogen-bond donors (Lipinski definition) is 3. The zero-order chi connectivity index (χ0) is 23.4. The molecular formula is C24H33NaO7. The Kier molecular flexibility index (Phi) is 8.08. The Bertz CT molecular complexity index is 847. The Morgan fingerprint density at radius 2 is 1.88 bits per heavy atom. The predicted octanol–water partition coefficient (Wildman–Crippen LogP) is -2.44. The zero-order valence-electron chi connectivity index (χ0n) is 19.6. The Morgan fingerprint density at radius 3 is 2.44 bits per heavy atom. The van der Waals surface area contributed by atoms with E-state index in [1.54, 1.807) is 12.2 Å². The number of carboxylic acids is 1. The summed E-state index contributed by atoms with van der Waals surface area (Å²) in [7, 11) is 0. The van der Waals surface area contributed by atoms with Gasteiger partial charge in [-0.05, 0) is 62.5 Å².